The van der Waals surface area contributed by atoms with Crippen LogP contribution in [0.3, 0.4) is 0 Å². The molecule has 0 aliphatic rings. The Kier molecular flexibility index (Phi) is 5.39. The fourth-order valence-corrected chi connectivity index (χ4v) is 3.35. The van der Waals surface area contributed by atoms with E-state index in [0.29, 0.717) is 25.8 Å². The van der Waals surface area contributed by atoms with Crippen molar-refractivity contribution in [1.82, 2.24) is 0 Å². The van der Waals surface area contributed by atoms with Gasteiger partial charge in [-0.25, -0.2) is 0 Å². The van der Waals surface area contributed by atoms with E-state index >= 15 is 0 Å². The van der Waals surface area contributed by atoms with E-state index in [-0.39, 0.29) is 11.7 Å². The lowest BCUT2D eigenvalue weighted by Gasteiger charge is -2.08. The third-order valence-electron chi connectivity index (χ3n) is 2.59. The molecule has 2 aromatic carbocycles. The van der Waals surface area contributed by atoms with Gasteiger partial charge in [-0.15, -0.1) is 0 Å². The van der Waals surface area contributed by atoms with Gasteiger partial charge in [-0.05, 0) is 52.3 Å². The van der Waals surface area contributed by atoms with Crippen molar-refractivity contribution in [3.8, 4) is 0 Å². The number of amides is 1. The molecule has 1 amide bonds. The molecule has 0 aliphatic heterocycles. The highest BCUT2D eigenvalue weighted by molar-refractivity contribution is 9.10. The minimum atomic E-state index is -1.44. The fourth-order valence-electron chi connectivity index (χ4n) is 1.63. The topological polar surface area (TPSA) is 72.2 Å². The quantitative estimate of drug-likeness (QED) is 0.789. The number of nitrogens with one attached hydrogen (secondary N) is 1. The molecule has 3 N–H and O–H groups in total. The van der Waals surface area contributed by atoms with Crippen molar-refractivity contribution in [2.24, 2.45) is 0 Å². The van der Waals surface area contributed by atoms with Gasteiger partial charge in [0.1, 0.15) is 5.75 Å². The van der Waals surface area contributed by atoms with Gasteiger partial charge in [-0.3, -0.25) is 9.00 Å². The molecular formula is C14H12BrClN2O2S. The van der Waals surface area contributed by atoms with Gasteiger partial charge < -0.3 is 11.1 Å². The summed E-state index contributed by atoms with van der Waals surface area (Å²) >= 11 is 9.15. The molecule has 2 aromatic rings. The van der Waals surface area contributed by atoms with Gasteiger partial charge >= 0.3 is 0 Å². The van der Waals surface area contributed by atoms with Crippen LogP contribution in [-0.2, 0) is 15.6 Å². The normalized spacial score (nSPS) is 11.9. The van der Waals surface area contributed by atoms with E-state index < -0.39 is 10.8 Å². The van der Waals surface area contributed by atoms with Gasteiger partial charge in [0.05, 0.1) is 16.5 Å². The maximum atomic E-state index is 12.1. The number of carbonyl (C=O) groups is 1. The van der Waals surface area contributed by atoms with Gasteiger partial charge in [0.25, 0.3) is 0 Å². The Labute approximate surface area is 138 Å². The molecule has 0 heterocycles. The van der Waals surface area contributed by atoms with Crippen molar-refractivity contribution in [2.45, 2.75) is 4.90 Å². The summed E-state index contributed by atoms with van der Waals surface area (Å²) in [6, 6.07) is 11.7. The summed E-state index contributed by atoms with van der Waals surface area (Å²) in [5.74, 6) is -0.490. The maximum absolute atomic E-state index is 12.1. The van der Waals surface area contributed by atoms with E-state index in [1.54, 1.807) is 42.5 Å². The van der Waals surface area contributed by atoms with Crippen molar-refractivity contribution in [1.29, 1.82) is 0 Å². The first-order valence-electron chi connectivity index (χ1n) is 5.94. The molecule has 0 aromatic heterocycles. The van der Waals surface area contributed by atoms with Crippen LogP contribution in [0.25, 0.3) is 0 Å². The smallest absolute Gasteiger partial charge is 0.237 e. The summed E-state index contributed by atoms with van der Waals surface area (Å²) < 4.78 is 12.8. The summed E-state index contributed by atoms with van der Waals surface area (Å²) in [6.07, 6.45) is 0. The predicted molar refractivity (Wildman–Crippen MR) is 89.9 cm³/mol. The fraction of sp³-hybridized carbons (Fsp3) is 0.0714. The highest BCUT2D eigenvalue weighted by atomic mass is 79.9. The molecule has 0 spiro atoms. The first kappa shape index (κ1) is 16.0. The van der Waals surface area contributed by atoms with Crippen LogP contribution in [-0.4, -0.2) is 15.9 Å². The molecule has 0 fully saturated rings. The number of hydrogen-bond acceptors (Lipinski definition) is 3. The molecule has 0 aliphatic carbocycles. The van der Waals surface area contributed by atoms with Crippen LogP contribution in [0.15, 0.2) is 51.8 Å². The minimum absolute atomic E-state index is 0.142. The second-order valence-electron chi connectivity index (χ2n) is 4.23. The molecule has 1 unspecified atom stereocenters. The molecule has 110 valence electrons. The number of nitrogens with two attached hydrogens (primary N) is 1. The minimum Gasteiger partial charge on any atom is -0.399 e. The van der Waals surface area contributed by atoms with Crippen molar-refractivity contribution in [2.75, 3.05) is 16.8 Å². The average Bonchev–Trinajstić information content (AvgIpc) is 2.42. The molecule has 21 heavy (non-hydrogen) atoms. The van der Waals surface area contributed by atoms with Crippen LogP contribution in [0.2, 0.25) is 5.02 Å². The number of rotatable bonds is 4. The Morgan fingerprint density at radius 2 is 2.05 bits per heavy atom. The zero-order chi connectivity index (χ0) is 15.4. The Morgan fingerprint density at radius 1 is 1.29 bits per heavy atom. The average molecular weight is 388 g/mol. The maximum Gasteiger partial charge on any atom is 0.237 e. The Hall–Kier alpha value is -1.37. The Bertz CT molecular complexity index is 709. The van der Waals surface area contributed by atoms with Crippen LogP contribution in [0.1, 0.15) is 0 Å². The molecule has 4 nitrogen and oxygen atoms in total. The van der Waals surface area contributed by atoms with Crippen LogP contribution in [0.5, 0.6) is 0 Å². The lowest BCUT2D eigenvalue weighted by Crippen LogP contribution is -2.19. The van der Waals surface area contributed by atoms with E-state index in [1.807, 2.05) is 0 Å². The number of hydrogen-bond donors (Lipinski definition) is 2. The first-order chi connectivity index (χ1) is 9.95. The van der Waals surface area contributed by atoms with E-state index in [4.69, 9.17) is 17.3 Å². The Balaban J connectivity index is 2.03. The van der Waals surface area contributed by atoms with Gasteiger partial charge in [-0.1, -0.05) is 17.7 Å². The molecule has 0 saturated carbocycles. The molecule has 0 radical (unpaired) electrons. The molecular weight excluding hydrogens is 376 g/mol. The summed E-state index contributed by atoms with van der Waals surface area (Å²) in [4.78, 5) is 12.5. The van der Waals surface area contributed by atoms with Crippen molar-refractivity contribution in [3.05, 3.63) is 52.0 Å². The van der Waals surface area contributed by atoms with Crippen LogP contribution in [0, 0.1) is 0 Å². The van der Waals surface area contributed by atoms with Crippen LogP contribution >= 0.6 is 27.5 Å². The zero-order valence-corrected chi connectivity index (χ0v) is 14.0. The van der Waals surface area contributed by atoms with E-state index in [0.717, 1.165) is 0 Å². The predicted octanol–water partition coefficient (Wildman–Crippen LogP) is 3.43. The van der Waals surface area contributed by atoms with Crippen molar-refractivity contribution >= 4 is 55.6 Å². The van der Waals surface area contributed by atoms with Gasteiger partial charge in [0.15, 0.2) is 0 Å². The number of benzene rings is 2. The third-order valence-corrected chi connectivity index (χ3v) is 4.78. The number of anilines is 2. The summed E-state index contributed by atoms with van der Waals surface area (Å²) in [5, 5.41) is 3.17. The molecule has 0 saturated heterocycles. The first-order valence-corrected chi connectivity index (χ1v) is 8.43. The highest BCUT2D eigenvalue weighted by Crippen LogP contribution is 2.24. The lowest BCUT2D eigenvalue weighted by molar-refractivity contribution is -0.113. The van der Waals surface area contributed by atoms with Crippen molar-refractivity contribution in [3.63, 3.8) is 0 Å². The zero-order valence-electron chi connectivity index (χ0n) is 10.8. The second kappa shape index (κ2) is 7.06. The second-order valence-corrected chi connectivity index (χ2v) is 6.98. The standard InChI is InChI=1S/C14H12BrClN2O2S/c15-12-7-10(17)4-5-13(12)18-14(19)8-21(20)11-3-1-2-9(16)6-11/h1-7H,8,17H2,(H,18,19). The third kappa shape index (κ3) is 4.56. The molecule has 1 atom stereocenters. The number of nitrogen functional groups attached to an aromatic ring is 1. The van der Waals surface area contributed by atoms with E-state index in [9.17, 15) is 9.00 Å². The number of halogens is 2. The molecule has 2 rings (SSSR count). The summed E-state index contributed by atoms with van der Waals surface area (Å²) in [7, 11) is -1.44. The van der Waals surface area contributed by atoms with E-state index in [1.165, 1.54) is 0 Å². The SMILES string of the molecule is Nc1ccc(NC(=O)CS(=O)c2cccc(Cl)c2)c(Br)c1. The highest BCUT2D eigenvalue weighted by Gasteiger charge is 2.12. The summed E-state index contributed by atoms with van der Waals surface area (Å²) in [5.41, 5.74) is 6.79. The van der Waals surface area contributed by atoms with Crippen molar-refractivity contribution < 1.29 is 9.00 Å². The molecule has 7 heteroatoms. The summed E-state index contributed by atoms with van der Waals surface area (Å²) in [6.45, 7) is 0. The largest absolute Gasteiger partial charge is 0.399 e. The lowest BCUT2D eigenvalue weighted by atomic mass is 10.3. The van der Waals surface area contributed by atoms with E-state index in [2.05, 4.69) is 21.2 Å². The van der Waals surface area contributed by atoms with Crippen LogP contribution in [0.4, 0.5) is 11.4 Å². The van der Waals surface area contributed by atoms with Gasteiger partial charge in [0, 0.05) is 20.1 Å². The Morgan fingerprint density at radius 3 is 2.71 bits per heavy atom. The monoisotopic (exact) mass is 386 g/mol. The van der Waals surface area contributed by atoms with Crippen LogP contribution < -0.4 is 11.1 Å². The van der Waals surface area contributed by atoms with Gasteiger partial charge in [-0.2, -0.15) is 0 Å². The van der Waals surface area contributed by atoms with Gasteiger partial charge in [0.2, 0.25) is 5.91 Å². The molecule has 0 bridgehead atoms. The number of carbonyl (C=O) groups excluding carboxylic acids is 1.